The number of aromatic nitrogens is 2. The SMILES string of the molecule is CCC(CSC)NCc1cnc[nH]1. The van der Waals surface area contributed by atoms with Crippen LogP contribution >= 0.6 is 11.8 Å². The maximum absolute atomic E-state index is 3.97. The second-order valence-electron chi connectivity index (χ2n) is 3.02. The highest BCUT2D eigenvalue weighted by atomic mass is 32.2. The number of thioether (sulfide) groups is 1. The molecule has 74 valence electrons. The number of nitrogens with zero attached hydrogens (tertiary/aromatic N) is 1. The third kappa shape index (κ3) is 3.83. The van der Waals surface area contributed by atoms with Crippen molar-refractivity contribution >= 4 is 11.8 Å². The fourth-order valence-electron chi connectivity index (χ4n) is 1.16. The predicted molar refractivity (Wildman–Crippen MR) is 57.9 cm³/mol. The van der Waals surface area contributed by atoms with Crippen LogP contribution in [0.3, 0.4) is 0 Å². The maximum Gasteiger partial charge on any atom is 0.0922 e. The van der Waals surface area contributed by atoms with E-state index >= 15 is 0 Å². The number of nitrogens with one attached hydrogen (secondary N) is 2. The first-order valence-corrected chi connectivity index (χ1v) is 5.95. The molecule has 0 saturated heterocycles. The van der Waals surface area contributed by atoms with E-state index in [-0.39, 0.29) is 0 Å². The van der Waals surface area contributed by atoms with E-state index in [1.165, 1.54) is 12.2 Å². The summed E-state index contributed by atoms with van der Waals surface area (Å²) in [7, 11) is 0. The number of hydrogen-bond acceptors (Lipinski definition) is 3. The van der Waals surface area contributed by atoms with Gasteiger partial charge >= 0.3 is 0 Å². The highest BCUT2D eigenvalue weighted by Gasteiger charge is 2.04. The summed E-state index contributed by atoms with van der Waals surface area (Å²) in [5.74, 6) is 1.17. The van der Waals surface area contributed by atoms with Crippen molar-refractivity contribution in [2.75, 3.05) is 12.0 Å². The zero-order chi connectivity index (χ0) is 9.52. The average molecular weight is 199 g/mol. The Bertz CT molecular complexity index is 211. The van der Waals surface area contributed by atoms with Crippen molar-refractivity contribution in [2.24, 2.45) is 0 Å². The second kappa shape index (κ2) is 6.05. The first kappa shape index (κ1) is 10.6. The summed E-state index contributed by atoms with van der Waals surface area (Å²) in [6.07, 6.45) is 6.89. The molecule has 1 unspecified atom stereocenters. The van der Waals surface area contributed by atoms with E-state index in [1.807, 2.05) is 18.0 Å². The topological polar surface area (TPSA) is 40.7 Å². The largest absolute Gasteiger partial charge is 0.347 e. The summed E-state index contributed by atoms with van der Waals surface area (Å²) in [6, 6.07) is 0.610. The van der Waals surface area contributed by atoms with Gasteiger partial charge in [0.1, 0.15) is 0 Å². The molecule has 1 aromatic heterocycles. The maximum atomic E-state index is 3.97. The van der Waals surface area contributed by atoms with Crippen LogP contribution in [0.4, 0.5) is 0 Å². The van der Waals surface area contributed by atoms with E-state index in [4.69, 9.17) is 0 Å². The van der Waals surface area contributed by atoms with E-state index in [9.17, 15) is 0 Å². The first-order valence-electron chi connectivity index (χ1n) is 4.56. The Hall–Kier alpha value is -0.480. The van der Waals surface area contributed by atoms with Crippen LogP contribution in [0.25, 0.3) is 0 Å². The molecule has 1 atom stereocenters. The normalized spacial score (nSPS) is 13.1. The molecule has 0 aliphatic heterocycles. The Morgan fingerprint density at radius 1 is 1.69 bits per heavy atom. The number of rotatable bonds is 6. The molecule has 0 aliphatic carbocycles. The quantitative estimate of drug-likeness (QED) is 0.732. The molecule has 3 nitrogen and oxygen atoms in total. The number of imidazole rings is 1. The summed E-state index contributed by atoms with van der Waals surface area (Å²) in [5.41, 5.74) is 1.15. The van der Waals surface area contributed by atoms with Gasteiger partial charge in [-0.05, 0) is 12.7 Å². The smallest absolute Gasteiger partial charge is 0.0922 e. The average Bonchev–Trinajstić information content (AvgIpc) is 2.64. The molecular weight excluding hydrogens is 182 g/mol. The molecule has 4 heteroatoms. The van der Waals surface area contributed by atoms with Crippen molar-refractivity contribution in [3.8, 4) is 0 Å². The number of hydrogen-bond donors (Lipinski definition) is 2. The van der Waals surface area contributed by atoms with Crippen molar-refractivity contribution < 1.29 is 0 Å². The summed E-state index contributed by atoms with van der Waals surface area (Å²) in [4.78, 5) is 7.05. The minimum absolute atomic E-state index is 0.610. The van der Waals surface area contributed by atoms with Crippen molar-refractivity contribution in [3.63, 3.8) is 0 Å². The minimum atomic E-state index is 0.610. The van der Waals surface area contributed by atoms with Gasteiger partial charge in [-0.15, -0.1) is 0 Å². The zero-order valence-electron chi connectivity index (χ0n) is 8.21. The van der Waals surface area contributed by atoms with Crippen molar-refractivity contribution in [1.82, 2.24) is 15.3 Å². The molecule has 0 amide bonds. The van der Waals surface area contributed by atoms with Gasteiger partial charge in [-0.1, -0.05) is 6.92 Å². The molecule has 1 heterocycles. The lowest BCUT2D eigenvalue weighted by molar-refractivity contribution is 0.537. The molecule has 0 aliphatic rings. The lowest BCUT2D eigenvalue weighted by atomic mass is 10.2. The van der Waals surface area contributed by atoms with E-state index in [2.05, 4.69) is 28.5 Å². The van der Waals surface area contributed by atoms with E-state index < -0.39 is 0 Å². The van der Waals surface area contributed by atoms with E-state index in [1.54, 1.807) is 6.33 Å². The van der Waals surface area contributed by atoms with Gasteiger partial charge in [0.05, 0.1) is 6.33 Å². The van der Waals surface area contributed by atoms with Crippen LogP contribution in [0.1, 0.15) is 19.0 Å². The molecule has 0 fully saturated rings. The van der Waals surface area contributed by atoms with Crippen LogP contribution < -0.4 is 5.32 Å². The Labute approximate surface area is 83.7 Å². The molecular formula is C9H17N3S. The Morgan fingerprint density at radius 3 is 3.08 bits per heavy atom. The standard InChI is InChI=1S/C9H17N3S/c1-3-8(6-13-2)11-5-9-4-10-7-12-9/h4,7-8,11H,3,5-6H2,1-2H3,(H,10,12). The molecule has 0 spiro atoms. The van der Waals surface area contributed by atoms with Crippen LogP contribution in [0.15, 0.2) is 12.5 Å². The summed E-state index contributed by atoms with van der Waals surface area (Å²) < 4.78 is 0. The van der Waals surface area contributed by atoms with Gasteiger partial charge in [0.15, 0.2) is 0 Å². The molecule has 0 saturated carbocycles. The van der Waals surface area contributed by atoms with Crippen LogP contribution in [-0.4, -0.2) is 28.0 Å². The van der Waals surface area contributed by atoms with Gasteiger partial charge in [0, 0.05) is 30.2 Å². The highest BCUT2D eigenvalue weighted by Crippen LogP contribution is 2.02. The van der Waals surface area contributed by atoms with Crippen molar-refractivity contribution in [1.29, 1.82) is 0 Å². The Morgan fingerprint density at radius 2 is 2.54 bits per heavy atom. The number of aromatic amines is 1. The van der Waals surface area contributed by atoms with Gasteiger partial charge < -0.3 is 10.3 Å². The summed E-state index contributed by atoms with van der Waals surface area (Å²) in [6.45, 7) is 3.10. The third-order valence-electron chi connectivity index (χ3n) is 2.00. The highest BCUT2D eigenvalue weighted by molar-refractivity contribution is 7.98. The molecule has 13 heavy (non-hydrogen) atoms. The molecule has 2 N–H and O–H groups in total. The van der Waals surface area contributed by atoms with Gasteiger partial charge in [-0.3, -0.25) is 0 Å². The fraction of sp³-hybridized carbons (Fsp3) is 0.667. The lowest BCUT2D eigenvalue weighted by Gasteiger charge is -2.14. The third-order valence-corrected chi connectivity index (χ3v) is 2.73. The van der Waals surface area contributed by atoms with Crippen LogP contribution in [-0.2, 0) is 6.54 Å². The van der Waals surface area contributed by atoms with Gasteiger partial charge in [-0.25, -0.2) is 4.98 Å². The van der Waals surface area contributed by atoms with E-state index in [0.29, 0.717) is 6.04 Å². The molecule has 0 aromatic carbocycles. The minimum Gasteiger partial charge on any atom is -0.347 e. The van der Waals surface area contributed by atoms with Crippen LogP contribution in [0, 0.1) is 0 Å². The van der Waals surface area contributed by atoms with Gasteiger partial charge in [0.25, 0.3) is 0 Å². The van der Waals surface area contributed by atoms with Crippen LogP contribution in [0.2, 0.25) is 0 Å². The molecule has 1 rings (SSSR count). The predicted octanol–water partition coefficient (Wildman–Crippen LogP) is 1.64. The summed E-state index contributed by atoms with van der Waals surface area (Å²) >= 11 is 1.88. The molecule has 0 radical (unpaired) electrons. The Balaban J connectivity index is 2.23. The zero-order valence-corrected chi connectivity index (χ0v) is 9.03. The van der Waals surface area contributed by atoms with Crippen molar-refractivity contribution in [3.05, 3.63) is 18.2 Å². The molecule has 0 bridgehead atoms. The Kier molecular flexibility index (Phi) is 4.93. The monoisotopic (exact) mass is 199 g/mol. The van der Waals surface area contributed by atoms with Gasteiger partial charge in [0.2, 0.25) is 0 Å². The van der Waals surface area contributed by atoms with Gasteiger partial charge in [-0.2, -0.15) is 11.8 Å². The molecule has 1 aromatic rings. The second-order valence-corrected chi connectivity index (χ2v) is 3.93. The fourth-order valence-corrected chi connectivity index (χ4v) is 1.91. The van der Waals surface area contributed by atoms with Crippen molar-refractivity contribution in [2.45, 2.75) is 25.9 Å². The summed E-state index contributed by atoms with van der Waals surface area (Å²) in [5, 5.41) is 3.48. The van der Waals surface area contributed by atoms with Crippen LogP contribution in [0.5, 0.6) is 0 Å². The van der Waals surface area contributed by atoms with E-state index in [0.717, 1.165) is 12.2 Å². The first-order chi connectivity index (χ1) is 6.36. The number of H-pyrrole nitrogens is 1. The lowest BCUT2D eigenvalue weighted by Crippen LogP contribution is -2.30.